The largest absolute Gasteiger partial charge is 0.477 e. The van der Waals surface area contributed by atoms with Gasteiger partial charge in [0.2, 0.25) is 5.88 Å². The van der Waals surface area contributed by atoms with Gasteiger partial charge in [-0.05, 0) is 19.0 Å². The lowest BCUT2D eigenvalue weighted by atomic mass is 9.99. The summed E-state index contributed by atoms with van der Waals surface area (Å²) >= 11 is 0. The van der Waals surface area contributed by atoms with Crippen LogP contribution in [0.15, 0.2) is 36.7 Å². The first kappa shape index (κ1) is 15.6. The highest BCUT2D eigenvalue weighted by molar-refractivity contribution is 5.58. The minimum absolute atomic E-state index is 0.510. The Labute approximate surface area is 152 Å². The molecule has 3 aromatic rings. The molecule has 1 fully saturated rings. The van der Waals surface area contributed by atoms with Crippen molar-refractivity contribution < 1.29 is 4.74 Å². The van der Waals surface area contributed by atoms with Crippen molar-refractivity contribution in [1.29, 1.82) is 0 Å². The standard InChI is InChI=1S/C19H22N6O/c1-2-7-21-18(3-1)26-13-14-11-24(12-14)19-15-4-8-20-9-5-16(15)23-17-6-10-22-25(17)19/h1-3,6-7,10,14,20H,4-5,8-9,11-13H2. The predicted octanol–water partition coefficient (Wildman–Crippen LogP) is 1.33. The summed E-state index contributed by atoms with van der Waals surface area (Å²) in [4.78, 5) is 11.5. The first-order valence-electron chi connectivity index (χ1n) is 9.23. The van der Waals surface area contributed by atoms with Crippen LogP contribution in [0.25, 0.3) is 5.65 Å². The van der Waals surface area contributed by atoms with Gasteiger partial charge in [0.05, 0.1) is 18.5 Å². The quantitative estimate of drug-likeness (QED) is 0.766. The molecule has 3 aromatic heterocycles. The van der Waals surface area contributed by atoms with Crippen LogP contribution in [0.5, 0.6) is 5.88 Å². The molecule has 0 amide bonds. The molecule has 0 radical (unpaired) electrons. The van der Waals surface area contributed by atoms with E-state index >= 15 is 0 Å². The molecular weight excluding hydrogens is 328 g/mol. The molecule has 0 spiro atoms. The first-order chi connectivity index (χ1) is 12.9. The second-order valence-electron chi connectivity index (χ2n) is 6.96. The van der Waals surface area contributed by atoms with Crippen molar-refractivity contribution in [2.75, 3.05) is 37.7 Å². The molecule has 2 aliphatic heterocycles. The Balaban J connectivity index is 1.35. The van der Waals surface area contributed by atoms with Gasteiger partial charge in [0.25, 0.3) is 0 Å². The monoisotopic (exact) mass is 350 g/mol. The molecule has 1 saturated heterocycles. The van der Waals surface area contributed by atoms with Crippen molar-refractivity contribution in [2.24, 2.45) is 5.92 Å². The maximum absolute atomic E-state index is 5.82. The summed E-state index contributed by atoms with van der Waals surface area (Å²) in [6.07, 6.45) is 5.57. The number of rotatable bonds is 4. The Bertz CT molecular complexity index is 903. The van der Waals surface area contributed by atoms with Gasteiger partial charge >= 0.3 is 0 Å². The summed E-state index contributed by atoms with van der Waals surface area (Å²) in [5.41, 5.74) is 3.50. The van der Waals surface area contributed by atoms with Crippen LogP contribution in [0, 0.1) is 5.92 Å². The number of hydrogen-bond acceptors (Lipinski definition) is 6. The van der Waals surface area contributed by atoms with E-state index < -0.39 is 0 Å². The van der Waals surface area contributed by atoms with E-state index in [0.29, 0.717) is 18.4 Å². The van der Waals surface area contributed by atoms with Crippen LogP contribution < -0.4 is 15.0 Å². The van der Waals surface area contributed by atoms with E-state index in [-0.39, 0.29) is 0 Å². The van der Waals surface area contributed by atoms with Crippen LogP contribution in [0.4, 0.5) is 5.82 Å². The summed E-state index contributed by atoms with van der Waals surface area (Å²) in [7, 11) is 0. The highest BCUT2D eigenvalue weighted by atomic mass is 16.5. The summed E-state index contributed by atoms with van der Waals surface area (Å²) in [5.74, 6) is 2.42. The van der Waals surface area contributed by atoms with Crippen molar-refractivity contribution >= 4 is 11.5 Å². The average Bonchev–Trinajstić information content (AvgIpc) is 2.97. The van der Waals surface area contributed by atoms with Gasteiger partial charge in [-0.2, -0.15) is 9.61 Å². The van der Waals surface area contributed by atoms with Gasteiger partial charge in [-0.15, -0.1) is 0 Å². The third-order valence-electron chi connectivity index (χ3n) is 5.14. The predicted molar refractivity (Wildman–Crippen MR) is 98.7 cm³/mol. The van der Waals surface area contributed by atoms with Crippen LogP contribution in [0.1, 0.15) is 11.3 Å². The SMILES string of the molecule is c1ccc(OCC2CN(c3c4c(nc5ccnn35)CCNCC4)C2)nc1. The zero-order valence-corrected chi connectivity index (χ0v) is 14.6. The summed E-state index contributed by atoms with van der Waals surface area (Å²) in [6, 6.07) is 7.74. The molecule has 5 heterocycles. The average molecular weight is 350 g/mol. The van der Waals surface area contributed by atoms with Gasteiger partial charge in [-0.3, -0.25) is 0 Å². The van der Waals surface area contributed by atoms with Gasteiger partial charge in [-0.1, -0.05) is 6.07 Å². The summed E-state index contributed by atoms with van der Waals surface area (Å²) < 4.78 is 7.82. The molecule has 7 heteroatoms. The highest BCUT2D eigenvalue weighted by Gasteiger charge is 2.32. The van der Waals surface area contributed by atoms with Gasteiger partial charge in [-0.25, -0.2) is 9.97 Å². The lowest BCUT2D eigenvalue weighted by Crippen LogP contribution is -2.50. The van der Waals surface area contributed by atoms with Gasteiger partial charge in [0.1, 0.15) is 5.82 Å². The van der Waals surface area contributed by atoms with E-state index in [2.05, 4.69) is 20.3 Å². The second-order valence-corrected chi connectivity index (χ2v) is 6.96. The molecule has 1 N–H and O–H groups in total. The van der Waals surface area contributed by atoms with Crippen LogP contribution in [0.3, 0.4) is 0 Å². The maximum Gasteiger partial charge on any atom is 0.213 e. The molecule has 7 nitrogen and oxygen atoms in total. The van der Waals surface area contributed by atoms with Gasteiger partial charge in [0, 0.05) is 55.9 Å². The molecule has 0 bridgehead atoms. The molecule has 26 heavy (non-hydrogen) atoms. The number of anilines is 1. The van der Waals surface area contributed by atoms with Crippen LogP contribution >= 0.6 is 0 Å². The molecule has 0 saturated carbocycles. The Morgan fingerprint density at radius 1 is 1.12 bits per heavy atom. The van der Waals surface area contributed by atoms with E-state index in [1.54, 1.807) is 6.20 Å². The zero-order chi connectivity index (χ0) is 17.3. The number of hydrogen-bond donors (Lipinski definition) is 1. The normalized spacial score (nSPS) is 17.6. The van der Waals surface area contributed by atoms with Crippen LogP contribution in [-0.4, -0.2) is 52.4 Å². The van der Waals surface area contributed by atoms with E-state index in [9.17, 15) is 0 Å². The fourth-order valence-corrected chi connectivity index (χ4v) is 3.82. The van der Waals surface area contributed by atoms with Crippen molar-refractivity contribution in [1.82, 2.24) is 24.9 Å². The molecule has 134 valence electrons. The van der Waals surface area contributed by atoms with Crippen molar-refractivity contribution in [3.05, 3.63) is 47.9 Å². The minimum Gasteiger partial charge on any atom is -0.477 e. The number of nitrogens with one attached hydrogen (secondary N) is 1. The molecular formula is C19H22N6O. The fourth-order valence-electron chi connectivity index (χ4n) is 3.82. The molecule has 0 aromatic carbocycles. The number of aromatic nitrogens is 4. The molecule has 2 aliphatic rings. The Kier molecular flexibility index (Phi) is 3.93. The number of ether oxygens (including phenoxy) is 1. The van der Waals surface area contributed by atoms with E-state index in [1.165, 1.54) is 17.1 Å². The number of fused-ring (bicyclic) bond motifs is 2. The van der Waals surface area contributed by atoms with Crippen molar-refractivity contribution in [3.8, 4) is 5.88 Å². The zero-order valence-electron chi connectivity index (χ0n) is 14.6. The summed E-state index contributed by atoms with van der Waals surface area (Å²) in [6.45, 7) is 4.64. The lowest BCUT2D eigenvalue weighted by molar-refractivity contribution is 0.213. The topological polar surface area (TPSA) is 67.6 Å². The minimum atomic E-state index is 0.510. The first-order valence-corrected chi connectivity index (χ1v) is 9.23. The second kappa shape index (κ2) is 6.57. The third kappa shape index (κ3) is 2.78. The summed E-state index contributed by atoms with van der Waals surface area (Å²) in [5, 5.41) is 8.00. The molecule has 5 rings (SSSR count). The third-order valence-corrected chi connectivity index (χ3v) is 5.14. The maximum atomic E-state index is 5.82. The van der Waals surface area contributed by atoms with Crippen LogP contribution in [-0.2, 0) is 12.8 Å². The molecule has 0 aliphatic carbocycles. The Morgan fingerprint density at radius 3 is 2.92 bits per heavy atom. The lowest BCUT2D eigenvalue weighted by Gasteiger charge is -2.41. The van der Waals surface area contributed by atoms with Crippen molar-refractivity contribution in [2.45, 2.75) is 12.8 Å². The van der Waals surface area contributed by atoms with E-state index in [1.807, 2.05) is 35.0 Å². The highest BCUT2D eigenvalue weighted by Crippen LogP contribution is 2.31. The van der Waals surface area contributed by atoms with E-state index in [0.717, 1.165) is 44.7 Å². The number of pyridine rings is 1. The van der Waals surface area contributed by atoms with Crippen molar-refractivity contribution in [3.63, 3.8) is 0 Å². The van der Waals surface area contributed by atoms with Gasteiger partial charge in [0.15, 0.2) is 5.65 Å². The number of nitrogens with zero attached hydrogens (tertiary/aromatic N) is 5. The smallest absolute Gasteiger partial charge is 0.213 e. The Morgan fingerprint density at radius 2 is 2.04 bits per heavy atom. The molecule has 0 atom stereocenters. The Hall–Kier alpha value is -2.67. The van der Waals surface area contributed by atoms with E-state index in [4.69, 9.17) is 9.72 Å². The van der Waals surface area contributed by atoms with Crippen LogP contribution in [0.2, 0.25) is 0 Å². The van der Waals surface area contributed by atoms with Gasteiger partial charge < -0.3 is 15.0 Å². The molecule has 0 unspecified atom stereocenters. The fraction of sp³-hybridized carbons (Fsp3) is 0.421.